The number of benzene rings is 2. The summed E-state index contributed by atoms with van der Waals surface area (Å²) in [6, 6.07) is 16.2. The summed E-state index contributed by atoms with van der Waals surface area (Å²) in [5.74, 6) is 0.729. The van der Waals surface area contributed by atoms with Crippen molar-refractivity contribution in [3.8, 4) is 5.75 Å². The Balaban J connectivity index is 1.31. The van der Waals surface area contributed by atoms with Crippen LogP contribution in [0.5, 0.6) is 5.75 Å². The van der Waals surface area contributed by atoms with Gasteiger partial charge in [0.15, 0.2) is 0 Å². The summed E-state index contributed by atoms with van der Waals surface area (Å²) >= 11 is 6.04. The minimum Gasteiger partial charge on any atom is -0.488 e. The van der Waals surface area contributed by atoms with Crippen LogP contribution in [0.2, 0.25) is 5.02 Å². The minimum absolute atomic E-state index is 0.0397. The lowest BCUT2D eigenvalue weighted by Crippen LogP contribution is -2.45. The summed E-state index contributed by atoms with van der Waals surface area (Å²) in [4.78, 5) is 15.1. The number of carbonyl (C=O) groups excluding carboxylic acids is 1. The number of fused-ring (bicyclic) bond motifs is 1. The van der Waals surface area contributed by atoms with Crippen molar-refractivity contribution in [3.63, 3.8) is 0 Å². The van der Waals surface area contributed by atoms with Gasteiger partial charge in [0.25, 0.3) is 5.91 Å². The van der Waals surface area contributed by atoms with E-state index in [1.807, 2.05) is 24.3 Å². The summed E-state index contributed by atoms with van der Waals surface area (Å²) in [6.45, 7) is 3.26. The summed E-state index contributed by atoms with van der Waals surface area (Å²) in [5.41, 5.74) is 2.84. The van der Waals surface area contributed by atoms with Gasteiger partial charge in [-0.25, -0.2) is 0 Å². The van der Waals surface area contributed by atoms with Crippen LogP contribution in [0.25, 0.3) is 6.08 Å². The zero-order valence-electron chi connectivity index (χ0n) is 15.2. The van der Waals surface area contributed by atoms with E-state index in [1.165, 1.54) is 5.56 Å². The fourth-order valence-corrected chi connectivity index (χ4v) is 3.82. The Hall–Kier alpha value is -2.30. The molecule has 2 aliphatic rings. The standard InChI is InChI=1S/C22H23ClN2O2/c23-19-6-7-21-17(13-19)12-18(15-27-21)22(26)24-20-8-10-25(11-9-20)14-16-4-2-1-3-5-16/h1-7,12-13,20H,8-11,14-15H2,(H,24,26). The highest BCUT2D eigenvalue weighted by atomic mass is 35.5. The van der Waals surface area contributed by atoms with Gasteiger partial charge in [-0.05, 0) is 42.7 Å². The molecule has 2 aromatic rings. The number of rotatable bonds is 4. The van der Waals surface area contributed by atoms with Crippen LogP contribution in [0.4, 0.5) is 0 Å². The van der Waals surface area contributed by atoms with Crippen molar-refractivity contribution in [1.29, 1.82) is 0 Å². The van der Waals surface area contributed by atoms with Gasteiger partial charge in [-0.15, -0.1) is 0 Å². The zero-order chi connectivity index (χ0) is 18.6. The maximum atomic E-state index is 12.6. The molecule has 1 saturated heterocycles. The molecule has 0 unspecified atom stereocenters. The first-order chi connectivity index (χ1) is 13.2. The Kier molecular flexibility index (Phi) is 5.46. The molecule has 2 aromatic carbocycles. The highest BCUT2D eigenvalue weighted by molar-refractivity contribution is 6.30. The lowest BCUT2D eigenvalue weighted by Gasteiger charge is -2.32. The van der Waals surface area contributed by atoms with Crippen LogP contribution in [0, 0.1) is 0 Å². The first-order valence-electron chi connectivity index (χ1n) is 9.37. The van der Waals surface area contributed by atoms with Crippen molar-refractivity contribution in [2.45, 2.75) is 25.4 Å². The van der Waals surface area contributed by atoms with Crippen molar-refractivity contribution >= 4 is 23.6 Å². The molecule has 0 atom stereocenters. The average molecular weight is 383 g/mol. The highest BCUT2D eigenvalue weighted by Crippen LogP contribution is 2.29. The van der Waals surface area contributed by atoms with Gasteiger partial charge in [0.1, 0.15) is 12.4 Å². The number of halogens is 1. The van der Waals surface area contributed by atoms with Gasteiger partial charge < -0.3 is 10.1 Å². The summed E-state index contributed by atoms with van der Waals surface area (Å²) in [5, 5.41) is 3.81. The van der Waals surface area contributed by atoms with Gasteiger partial charge in [0.05, 0.1) is 5.57 Å². The molecule has 27 heavy (non-hydrogen) atoms. The van der Waals surface area contributed by atoms with E-state index in [1.54, 1.807) is 6.07 Å². The molecule has 0 radical (unpaired) electrons. The monoisotopic (exact) mass is 382 g/mol. The van der Waals surface area contributed by atoms with E-state index < -0.39 is 0 Å². The number of carbonyl (C=O) groups is 1. The third-order valence-corrected chi connectivity index (χ3v) is 5.38. The molecule has 5 heteroatoms. The van der Waals surface area contributed by atoms with E-state index in [0.717, 1.165) is 43.8 Å². The number of ether oxygens (including phenoxy) is 1. The number of amides is 1. The molecule has 0 spiro atoms. The first kappa shape index (κ1) is 18.1. The lowest BCUT2D eigenvalue weighted by atomic mass is 10.0. The number of hydrogen-bond donors (Lipinski definition) is 1. The Labute approximate surface area is 164 Å². The molecule has 2 heterocycles. The average Bonchev–Trinajstić information content (AvgIpc) is 2.69. The second-order valence-corrected chi connectivity index (χ2v) is 7.59. The van der Waals surface area contributed by atoms with Crippen LogP contribution in [0.15, 0.2) is 54.1 Å². The van der Waals surface area contributed by atoms with Crippen LogP contribution in [-0.2, 0) is 11.3 Å². The van der Waals surface area contributed by atoms with Gasteiger partial charge in [-0.3, -0.25) is 9.69 Å². The molecule has 0 saturated carbocycles. The van der Waals surface area contributed by atoms with E-state index >= 15 is 0 Å². The maximum absolute atomic E-state index is 12.6. The third-order valence-electron chi connectivity index (χ3n) is 5.15. The van der Waals surface area contributed by atoms with Crippen LogP contribution in [0.1, 0.15) is 24.0 Å². The molecule has 0 aliphatic carbocycles. The van der Waals surface area contributed by atoms with E-state index in [2.05, 4.69) is 34.5 Å². The summed E-state index contributed by atoms with van der Waals surface area (Å²) < 4.78 is 5.69. The van der Waals surface area contributed by atoms with E-state index in [-0.39, 0.29) is 11.9 Å². The Morgan fingerprint density at radius 3 is 2.70 bits per heavy atom. The van der Waals surface area contributed by atoms with Crippen LogP contribution in [-0.4, -0.2) is 36.5 Å². The molecule has 1 amide bonds. The molecule has 1 N–H and O–H groups in total. The maximum Gasteiger partial charge on any atom is 0.250 e. The topological polar surface area (TPSA) is 41.6 Å². The number of nitrogens with zero attached hydrogens (tertiary/aromatic N) is 1. The van der Waals surface area contributed by atoms with Crippen LogP contribution < -0.4 is 10.1 Å². The zero-order valence-corrected chi connectivity index (χ0v) is 15.9. The molecular formula is C22H23ClN2O2. The lowest BCUT2D eigenvalue weighted by molar-refractivity contribution is -0.118. The van der Waals surface area contributed by atoms with Crippen molar-refractivity contribution in [1.82, 2.24) is 10.2 Å². The predicted molar refractivity (Wildman–Crippen MR) is 108 cm³/mol. The molecule has 4 nitrogen and oxygen atoms in total. The minimum atomic E-state index is -0.0397. The van der Waals surface area contributed by atoms with E-state index in [0.29, 0.717) is 17.2 Å². The fraction of sp³-hybridized carbons (Fsp3) is 0.318. The molecule has 2 aliphatic heterocycles. The number of likely N-dealkylation sites (tertiary alicyclic amines) is 1. The van der Waals surface area contributed by atoms with Gasteiger partial charge in [-0.2, -0.15) is 0 Å². The number of nitrogens with one attached hydrogen (secondary N) is 1. The molecule has 1 fully saturated rings. The van der Waals surface area contributed by atoms with E-state index in [4.69, 9.17) is 16.3 Å². The Morgan fingerprint density at radius 1 is 1.15 bits per heavy atom. The third kappa shape index (κ3) is 4.52. The normalized spacial score (nSPS) is 17.6. The first-order valence-corrected chi connectivity index (χ1v) is 9.75. The largest absolute Gasteiger partial charge is 0.488 e. The van der Waals surface area contributed by atoms with Crippen LogP contribution >= 0.6 is 11.6 Å². The summed E-state index contributed by atoms with van der Waals surface area (Å²) in [6.07, 6.45) is 3.81. The molecule has 0 aromatic heterocycles. The van der Waals surface area contributed by atoms with Crippen molar-refractivity contribution < 1.29 is 9.53 Å². The molecule has 4 rings (SSSR count). The molecular weight excluding hydrogens is 360 g/mol. The number of piperidine rings is 1. The van der Waals surface area contributed by atoms with E-state index in [9.17, 15) is 4.79 Å². The summed E-state index contributed by atoms with van der Waals surface area (Å²) in [7, 11) is 0. The van der Waals surface area contributed by atoms with Gasteiger partial charge in [0, 0.05) is 36.3 Å². The highest BCUT2D eigenvalue weighted by Gasteiger charge is 2.23. The Bertz CT molecular complexity index is 843. The second kappa shape index (κ2) is 8.15. The van der Waals surface area contributed by atoms with Gasteiger partial charge in [0.2, 0.25) is 0 Å². The SMILES string of the molecule is O=C(NC1CCN(Cc2ccccc2)CC1)C1=Cc2cc(Cl)ccc2OC1. The molecule has 140 valence electrons. The Morgan fingerprint density at radius 2 is 1.93 bits per heavy atom. The van der Waals surface area contributed by atoms with Crippen molar-refractivity contribution in [2.24, 2.45) is 0 Å². The van der Waals surface area contributed by atoms with Crippen LogP contribution in [0.3, 0.4) is 0 Å². The van der Waals surface area contributed by atoms with Crippen molar-refractivity contribution in [2.75, 3.05) is 19.7 Å². The fourth-order valence-electron chi connectivity index (χ4n) is 3.63. The van der Waals surface area contributed by atoms with Gasteiger partial charge in [-0.1, -0.05) is 41.9 Å². The predicted octanol–water partition coefficient (Wildman–Crippen LogP) is 3.90. The molecule has 0 bridgehead atoms. The second-order valence-electron chi connectivity index (χ2n) is 7.15. The smallest absolute Gasteiger partial charge is 0.250 e. The van der Waals surface area contributed by atoms with Gasteiger partial charge >= 0.3 is 0 Å². The number of hydrogen-bond acceptors (Lipinski definition) is 3. The van der Waals surface area contributed by atoms with Crippen molar-refractivity contribution in [3.05, 3.63) is 70.3 Å². The quantitative estimate of drug-likeness (QED) is 0.872.